The smallest absolute Gasteiger partial charge is 0.124 e. The maximum absolute atomic E-state index is 13.0. The molecule has 0 bridgehead atoms. The summed E-state index contributed by atoms with van der Waals surface area (Å²) >= 11 is 6.00. The Labute approximate surface area is 116 Å². The van der Waals surface area contributed by atoms with Crippen LogP contribution in [0.3, 0.4) is 0 Å². The quantitative estimate of drug-likeness (QED) is 0.912. The van der Waals surface area contributed by atoms with Gasteiger partial charge in [-0.1, -0.05) is 17.7 Å². The van der Waals surface area contributed by atoms with E-state index in [2.05, 4.69) is 10.4 Å². The van der Waals surface area contributed by atoms with E-state index in [4.69, 9.17) is 11.6 Å². The van der Waals surface area contributed by atoms with Gasteiger partial charge in [-0.15, -0.1) is 0 Å². The Kier molecular flexibility index (Phi) is 3.53. The van der Waals surface area contributed by atoms with Crippen LogP contribution in [0.15, 0.2) is 30.6 Å². The summed E-state index contributed by atoms with van der Waals surface area (Å²) in [4.78, 5) is 0. The predicted molar refractivity (Wildman–Crippen MR) is 72.6 cm³/mol. The highest BCUT2D eigenvalue weighted by Crippen LogP contribution is 2.20. The minimum absolute atomic E-state index is 0.316. The first-order chi connectivity index (χ1) is 9.20. The van der Waals surface area contributed by atoms with Crippen LogP contribution < -0.4 is 5.32 Å². The molecule has 0 spiro atoms. The Morgan fingerprint density at radius 1 is 1.42 bits per heavy atom. The number of nitrogens with zero attached hydrogens (tertiary/aromatic N) is 2. The van der Waals surface area contributed by atoms with Crippen LogP contribution in [0.4, 0.5) is 4.39 Å². The summed E-state index contributed by atoms with van der Waals surface area (Å²) in [7, 11) is 0. The Bertz CT molecular complexity index is 578. The van der Waals surface area contributed by atoms with Crippen LogP contribution in [0, 0.1) is 5.82 Å². The molecule has 2 aromatic rings. The standard InChI is InChI=1S/C14H15ClFN3/c15-14-5-12(16)2-1-11(14)9-19-8-10(7-18-19)6-17-13-3-4-13/h1-2,5,7-8,13,17H,3-4,6,9H2. The molecule has 1 aliphatic carbocycles. The van der Waals surface area contributed by atoms with Gasteiger partial charge in [0.1, 0.15) is 5.82 Å². The van der Waals surface area contributed by atoms with Crippen molar-refractivity contribution in [2.45, 2.75) is 32.0 Å². The third-order valence-electron chi connectivity index (χ3n) is 3.21. The number of hydrogen-bond donors (Lipinski definition) is 1. The summed E-state index contributed by atoms with van der Waals surface area (Å²) in [5.41, 5.74) is 2.03. The molecule has 0 atom stereocenters. The molecule has 3 rings (SSSR count). The largest absolute Gasteiger partial charge is 0.310 e. The molecule has 19 heavy (non-hydrogen) atoms. The fourth-order valence-corrected chi connectivity index (χ4v) is 2.19. The average Bonchev–Trinajstić information content (AvgIpc) is 3.10. The van der Waals surface area contributed by atoms with E-state index in [0.717, 1.165) is 17.7 Å². The molecule has 1 saturated carbocycles. The second-order valence-electron chi connectivity index (χ2n) is 4.94. The fourth-order valence-electron chi connectivity index (χ4n) is 1.96. The van der Waals surface area contributed by atoms with Crippen molar-refractivity contribution in [2.24, 2.45) is 0 Å². The first-order valence-electron chi connectivity index (χ1n) is 6.39. The summed E-state index contributed by atoms with van der Waals surface area (Å²) in [5, 5.41) is 8.18. The molecule has 0 unspecified atom stereocenters. The van der Waals surface area contributed by atoms with E-state index in [9.17, 15) is 4.39 Å². The van der Waals surface area contributed by atoms with Crippen LogP contribution in [0.25, 0.3) is 0 Å². The van der Waals surface area contributed by atoms with E-state index < -0.39 is 0 Å². The minimum Gasteiger partial charge on any atom is -0.310 e. The van der Waals surface area contributed by atoms with Crippen molar-refractivity contribution in [1.82, 2.24) is 15.1 Å². The molecule has 1 N–H and O–H groups in total. The van der Waals surface area contributed by atoms with Crippen molar-refractivity contribution in [1.29, 1.82) is 0 Å². The lowest BCUT2D eigenvalue weighted by Gasteiger charge is -2.04. The van der Waals surface area contributed by atoms with Crippen LogP contribution in [-0.2, 0) is 13.1 Å². The van der Waals surface area contributed by atoms with Crippen molar-refractivity contribution in [3.05, 3.63) is 52.6 Å². The molecule has 1 aromatic heterocycles. The van der Waals surface area contributed by atoms with Gasteiger partial charge in [0, 0.05) is 29.4 Å². The topological polar surface area (TPSA) is 29.9 Å². The van der Waals surface area contributed by atoms with Crippen LogP contribution in [-0.4, -0.2) is 15.8 Å². The van der Waals surface area contributed by atoms with Crippen molar-refractivity contribution < 1.29 is 4.39 Å². The second-order valence-corrected chi connectivity index (χ2v) is 5.34. The fraction of sp³-hybridized carbons (Fsp3) is 0.357. The summed E-state index contributed by atoms with van der Waals surface area (Å²) in [6.07, 6.45) is 6.40. The highest BCUT2D eigenvalue weighted by Gasteiger charge is 2.20. The normalized spacial score (nSPS) is 14.8. The maximum Gasteiger partial charge on any atom is 0.124 e. The molecule has 1 aromatic carbocycles. The molecular formula is C14H15ClFN3. The Morgan fingerprint density at radius 2 is 2.26 bits per heavy atom. The van der Waals surface area contributed by atoms with Crippen LogP contribution in [0.1, 0.15) is 24.0 Å². The van der Waals surface area contributed by atoms with Gasteiger partial charge in [-0.3, -0.25) is 4.68 Å². The van der Waals surface area contributed by atoms with E-state index in [0.29, 0.717) is 17.6 Å². The Balaban J connectivity index is 1.65. The van der Waals surface area contributed by atoms with E-state index >= 15 is 0 Å². The van der Waals surface area contributed by atoms with Gasteiger partial charge in [0.15, 0.2) is 0 Å². The third-order valence-corrected chi connectivity index (χ3v) is 3.56. The van der Waals surface area contributed by atoms with E-state index in [1.54, 1.807) is 6.07 Å². The molecule has 1 heterocycles. The van der Waals surface area contributed by atoms with Crippen molar-refractivity contribution >= 4 is 11.6 Å². The second kappa shape index (κ2) is 5.31. The summed E-state index contributed by atoms with van der Waals surface area (Å²) in [6.45, 7) is 1.41. The highest BCUT2D eigenvalue weighted by atomic mass is 35.5. The Hall–Kier alpha value is -1.39. The molecule has 1 aliphatic rings. The molecule has 0 saturated heterocycles. The van der Waals surface area contributed by atoms with Crippen molar-refractivity contribution in [2.75, 3.05) is 0 Å². The molecule has 3 nitrogen and oxygen atoms in total. The predicted octanol–water partition coefficient (Wildman–Crippen LogP) is 2.98. The van der Waals surface area contributed by atoms with Crippen molar-refractivity contribution in [3.8, 4) is 0 Å². The monoisotopic (exact) mass is 279 g/mol. The zero-order valence-electron chi connectivity index (χ0n) is 10.4. The van der Waals surface area contributed by atoms with Crippen molar-refractivity contribution in [3.63, 3.8) is 0 Å². The molecule has 0 radical (unpaired) electrons. The lowest BCUT2D eigenvalue weighted by Crippen LogP contribution is -2.14. The number of aromatic nitrogens is 2. The van der Waals surface area contributed by atoms with E-state index in [-0.39, 0.29) is 5.82 Å². The molecular weight excluding hydrogens is 265 g/mol. The highest BCUT2D eigenvalue weighted by molar-refractivity contribution is 6.31. The van der Waals surface area contributed by atoms with E-state index in [1.165, 1.54) is 25.0 Å². The van der Waals surface area contributed by atoms with Gasteiger partial charge in [-0.05, 0) is 30.5 Å². The molecule has 100 valence electrons. The van der Waals surface area contributed by atoms with Gasteiger partial charge in [0.25, 0.3) is 0 Å². The average molecular weight is 280 g/mol. The number of nitrogens with one attached hydrogen (secondary N) is 1. The summed E-state index contributed by atoms with van der Waals surface area (Å²) in [5.74, 6) is -0.316. The minimum atomic E-state index is -0.316. The summed E-state index contributed by atoms with van der Waals surface area (Å²) < 4.78 is 14.8. The lowest BCUT2D eigenvalue weighted by molar-refractivity contribution is 0.624. The van der Waals surface area contributed by atoms with Crippen LogP contribution in [0.5, 0.6) is 0 Å². The summed E-state index contributed by atoms with van der Waals surface area (Å²) in [6, 6.07) is 5.13. The zero-order valence-corrected chi connectivity index (χ0v) is 11.2. The van der Waals surface area contributed by atoms with E-state index in [1.807, 2.05) is 17.1 Å². The van der Waals surface area contributed by atoms with Gasteiger partial charge < -0.3 is 5.32 Å². The first-order valence-corrected chi connectivity index (χ1v) is 6.77. The molecule has 0 amide bonds. The SMILES string of the molecule is Fc1ccc(Cn2cc(CNC3CC3)cn2)c(Cl)c1. The number of rotatable bonds is 5. The Morgan fingerprint density at radius 3 is 3.00 bits per heavy atom. The van der Waals surface area contributed by atoms with Gasteiger partial charge >= 0.3 is 0 Å². The van der Waals surface area contributed by atoms with Crippen LogP contribution >= 0.6 is 11.6 Å². The number of halogens is 2. The number of hydrogen-bond acceptors (Lipinski definition) is 2. The van der Waals surface area contributed by atoms with Crippen LogP contribution in [0.2, 0.25) is 5.02 Å². The molecule has 5 heteroatoms. The maximum atomic E-state index is 13.0. The first kappa shape index (κ1) is 12.6. The van der Waals surface area contributed by atoms with Gasteiger partial charge in [0.05, 0.1) is 12.7 Å². The van der Waals surface area contributed by atoms with Gasteiger partial charge in [-0.25, -0.2) is 4.39 Å². The van der Waals surface area contributed by atoms with Gasteiger partial charge in [0.2, 0.25) is 0 Å². The third kappa shape index (κ3) is 3.33. The lowest BCUT2D eigenvalue weighted by atomic mass is 10.2. The molecule has 1 fully saturated rings. The van der Waals surface area contributed by atoms with Gasteiger partial charge in [-0.2, -0.15) is 5.10 Å². The zero-order chi connectivity index (χ0) is 13.2. The molecule has 0 aliphatic heterocycles. The number of benzene rings is 1.